The van der Waals surface area contributed by atoms with Crippen molar-refractivity contribution in [3.05, 3.63) is 71.9 Å². The Kier molecular flexibility index (Phi) is 7.01. The number of fused-ring (bicyclic) bond motifs is 1. The second kappa shape index (κ2) is 9.76. The van der Waals surface area contributed by atoms with Gasteiger partial charge in [-0.25, -0.2) is 0 Å². The molecule has 0 radical (unpaired) electrons. The molecule has 0 bridgehead atoms. The molecule has 2 aliphatic rings. The van der Waals surface area contributed by atoms with E-state index in [9.17, 15) is 4.79 Å². The van der Waals surface area contributed by atoms with Crippen LogP contribution in [0.15, 0.2) is 71.9 Å². The third-order valence-electron chi connectivity index (χ3n) is 7.14. The highest BCUT2D eigenvalue weighted by atomic mass is 28.4. The molecule has 170 valence electrons. The number of hydrogen-bond acceptors (Lipinski definition) is 3. The molecule has 1 N–H and O–H groups in total. The number of allylic oxidation sites excluding steroid dienone is 2. The zero-order valence-electron chi connectivity index (χ0n) is 19.8. The summed E-state index contributed by atoms with van der Waals surface area (Å²) >= 11 is 0. The summed E-state index contributed by atoms with van der Waals surface area (Å²) < 4.78 is 6.95. The molecule has 4 rings (SSSR count). The summed E-state index contributed by atoms with van der Waals surface area (Å²) in [5.41, 5.74) is 2.33. The molecule has 2 aromatic carbocycles. The first kappa shape index (κ1) is 23.0. The molecule has 1 fully saturated rings. The normalized spacial score (nSPS) is 18.9. The molecule has 0 saturated carbocycles. The van der Waals surface area contributed by atoms with Crippen molar-refractivity contribution >= 4 is 24.5 Å². The summed E-state index contributed by atoms with van der Waals surface area (Å²) in [6, 6.07) is 21.5. The van der Waals surface area contributed by atoms with Gasteiger partial charge in [-0.2, -0.15) is 0 Å². The van der Waals surface area contributed by atoms with E-state index in [1.807, 2.05) is 0 Å². The lowest BCUT2D eigenvalue weighted by atomic mass is 9.85. The van der Waals surface area contributed by atoms with E-state index in [1.165, 1.54) is 28.9 Å². The number of ketones is 1. The highest BCUT2D eigenvalue weighted by molar-refractivity contribution is 6.99. The third-order valence-corrected chi connectivity index (χ3v) is 12.2. The molecule has 1 unspecified atom stereocenters. The number of nitrogens with one attached hydrogen (secondary N) is 1. The molecule has 0 aromatic heterocycles. The molecule has 1 saturated heterocycles. The van der Waals surface area contributed by atoms with E-state index in [4.69, 9.17) is 4.43 Å². The number of carbonyl (C=O) groups is 1. The van der Waals surface area contributed by atoms with Gasteiger partial charge >= 0.3 is 0 Å². The molecule has 1 heterocycles. The van der Waals surface area contributed by atoms with Crippen LogP contribution >= 0.6 is 0 Å². The van der Waals surface area contributed by atoms with Gasteiger partial charge in [0.05, 0.1) is 0 Å². The van der Waals surface area contributed by atoms with Crippen LogP contribution in [0.1, 0.15) is 59.3 Å². The van der Waals surface area contributed by atoms with Crippen molar-refractivity contribution in [1.29, 1.82) is 0 Å². The SMILES string of the molecule is CC(C)(C)[Si](OCCCC(=O)C1=C2NCCC2CCC1)(c1ccccc1)c1ccccc1. The Morgan fingerprint density at radius 2 is 1.62 bits per heavy atom. The Morgan fingerprint density at radius 3 is 2.22 bits per heavy atom. The van der Waals surface area contributed by atoms with Crippen LogP contribution in [0.4, 0.5) is 0 Å². The lowest BCUT2D eigenvalue weighted by molar-refractivity contribution is -0.116. The maximum atomic E-state index is 13.1. The van der Waals surface area contributed by atoms with E-state index in [0.717, 1.165) is 31.4 Å². The fraction of sp³-hybridized carbons (Fsp3) is 0.464. The number of Topliss-reactive ketones (excluding diaryl/α,β-unsaturated/α-hetero) is 1. The minimum absolute atomic E-state index is 0.0331. The van der Waals surface area contributed by atoms with Gasteiger partial charge in [0.2, 0.25) is 0 Å². The van der Waals surface area contributed by atoms with E-state index in [0.29, 0.717) is 24.7 Å². The van der Waals surface area contributed by atoms with E-state index < -0.39 is 8.32 Å². The van der Waals surface area contributed by atoms with Gasteiger partial charge in [-0.1, -0.05) is 81.4 Å². The summed E-state index contributed by atoms with van der Waals surface area (Å²) in [7, 11) is -2.52. The monoisotopic (exact) mass is 447 g/mol. The first-order chi connectivity index (χ1) is 15.4. The Bertz CT molecular complexity index is 907. The zero-order chi connectivity index (χ0) is 22.6. The second-order valence-electron chi connectivity index (χ2n) is 10.2. The van der Waals surface area contributed by atoms with Gasteiger partial charge in [0.15, 0.2) is 5.78 Å². The number of hydrogen-bond donors (Lipinski definition) is 1. The molecule has 1 atom stereocenters. The van der Waals surface area contributed by atoms with Crippen LogP contribution in [-0.4, -0.2) is 27.3 Å². The summed E-state index contributed by atoms with van der Waals surface area (Å²) in [5, 5.41) is 6.05. The molecule has 4 heteroatoms. The molecule has 32 heavy (non-hydrogen) atoms. The number of benzene rings is 2. The third kappa shape index (κ3) is 4.48. The van der Waals surface area contributed by atoms with E-state index in [2.05, 4.69) is 86.8 Å². The maximum absolute atomic E-state index is 13.1. The van der Waals surface area contributed by atoms with E-state index in [1.54, 1.807) is 0 Å². The lowest BCUT2D eigenvalue weighted by Crippen LogP contribution is -2.66. The standard InChI is InChI=1S/C28H37NO2Si/c1-28(2,3)32(23-13-6-4-7-14-23,24-15-8-5-9-16-24)31-21-11-18-26(30)25-17-10-12-22-19-20-29-27(22)25/h4-9,13-16,22,29H,10-12,17-21H2,1-3H3. The van der Waals surface area contributed by atoms with Gasteiger partial charge in [-0.3, -0.25) is 4.79 Å². The molecular weight excluding hydrogens is 410 g/mol. The molecule has 3 nitrogen and oxygen atoms in total. The predicted octanol–water partition coefficient (Wildman–Crippen LogP) is 4.96. The van der Waals surface area contributed by atoms with Crippen molar-refractivity contribution in [3.8, 4) is 0 Å². The van der Waals surface area contributed by atoms with Crippen LogP contribution in [0.5, 0.6) is 0 Å². The van der Waals surface area contributed by atoms with Gasteiger partial charge in [0.1, 0.15) is 0 Å². The van der Waals surface area contributed by atoms with Crippen molar-refractivity contribution in [1.82, 2.24) is 5.32 Å². The topological polar surface area (TPSA) is 38.3 Å². The summed E-state index contributed by atoms with van der Waals surface area (Å²) in [5.74, 6) is 0.918. The van der Waals surface area contributed by atoms with Gasteiger partial charge in [0.25, 0.3) is 8.32 Å². The van der Waals surface area contributed by atoms with E-state index in [-0.39, 0.29) is 5.04 Å². The lowest BCUT2D eigenvalue weighted by Gasteiger charge is -2.43. The van der Waals surface area contributed by atoms with Crippen molar-refractivity contribution in [2.75, 3.05) is 13.2 Å². The van der Waals surface area contributed by atoms with Crippen LogP contribution in [0, 0.1) is 5.92 Å². The Morgan fingerprint density at radius 1 is 1.00 bits per heavy atom. The Balaban J connectivity index is 1.52. The van der Waals surface area contributed by atoms with Crippen molar-refractivity contribution in [2.45, 2.75) is 64.3 Å². The average molecular weight is 448 g/mol. The van der Waals surface area contributed by atoms with Crippen LogP contribution in [0.25, 0.3) is 0 Å². The predicted molar refractivity (Wildman–Crippen MR) is 135 cm³/mol. The first-order valence-corrected chi connectivity index (χ1v) is 14.1. The van der Waals surface area contributed by atoms with Crippen molar-refractivity contribution < 1.29 is 9.22 Å². The highest BCUT2D eigenvalue weighted by Gasteiger charge is 2.50. The molecule has 0 spiro atoms. The Hall–Kier alpha value is -2.17. The molecule has 1 aliphatic carbocycles. The molecule has 1 aliphatic heterocycles. The minimum Gasteiger partial charge on any atom is -0.407 e. The first-order valence-electron chi connectivity index (χ1n) is 12.2. The summed E-state index contributed by atoms with van der Waals surface area (Å²) in [4.78, 5) is 13.1. The molecule has 2 aromatic rings. The smallest absolute Gasteiger partial charge is 0.261 e. The van der Waals surface area contributed by atoms with E-state index >= 15 is 0 Å². The zero-order valence-corrected chi connectivity index (χ0v) is 20.8. The molecule has 0 amide bonds. The van der Waals surface area contributed by atoms with Crippen LogP contribution < -0.4 is 15.7 Å². The average Bonchev–Trinajstić information content (AvgIpc) is 3.28. The summed E-state index contributed by atoms with van der Waals surface area (Å²) in [6.45, 7) is 8.52. The van der Waals surface area contributed by atoms with Crippen LogP contribution in [0.2, 0.25) is 5.04 Å². The molecular formula is C28H37NO2Si. The minimum atomic E-state index is -2.52. The van der Waals surface area contributed by atoms with Crippen molar-refractivity contribution in [2.24, 2.45) is 5.92 Å². The quantitative estimate of drug-likeness (QED) is 0.459. The summed E-state index contributed by atoms with van der Waals surface area (Å²) in [6.07, 6.45) is 5.85. The van der Waals surface area contributed by atoms with Gasteiger partial charge < -0.3 is 9.74 Å². The van der Waals surface area contributed by atoms with Gasteiger partial charge in [0, 0.05) is 36.8 Å². The van der Waals surface area contributed by atoms with Crippen molar-refractivity contribution in [3.63, 3.8) is 0 Å². The second-order valence-corrected chi connectivity index (χ2v) is 14.5. The Labute approximate surface area is 194 Å². The van der Waals surface area contributed by atoms with Gasteiger partial charge in [-0.15, -0.1) is 0 Å². The fourth-order valence-electron chi connectivity index (χ4n) is 5.63. The fourth-order valence-corrected chi connectivity index (χ4v) is 10.2. The number of carbonyl (C=O) groups excluding carboxylic acids is 1. The highest BCUT2D eigenvalue weighted by Crippen LogP contribution is 2.37. The van der Waals surface area contributed by atoms with Gasteiger partial charge in [-0.05, 0) is 47.5 Å². The largest absolute Gasteiger partial charge is 0.407 e. The maximum Gasteiger partial charge on any atom is 0.261 e. The van der Waals surface area contributed by atoms with Crippen LogP contribution in [-0.2, 0) is 9.22 Å². The van der Waals surface area contributed by atoms with Crippen LogP contribution in [0.3, 0.4) is 0 Å². The number of rotatable bonds is 8.